The standard InChI is InChI=1S/C18H30BrNO/c1-3-4-5-6-7-8-9-10-14-20-18-13-11-12-17(19)16(18)15-21-2/h11-13,20H,3-10,14-15H2,1-2H3. The summed E-state index contributed by atoms with van der Waals surface area (Å²) in [6, 6.07) is 6.26. The van der Waals surface area contributed by atoms with Crippen LogP contribution in [0.15, 0.2) is 22.7 Å². The average Bonchev–Trinajstić information content (AvgIpc) is 2.49. The molecule has 0 radical (unpaired) electrons. The molecule has 0 saturated heterocycles. The molecule has 0 unspecified atom stereocenters. The van der Waals surface area contributed by atoms with Gasteiger partial charge in [0, 0.05) is 29.4 Å². The number of halogens is 1. The Morgan fingerprint density at radius 1 is 1.00 bits per heavy atom. The van der Waals surface area contributed by atoms with E-state index in [-0.39, 0.29) is 0 Å². The molecule has 21 heavy (non-hydrogen) atoms. The Hall–Kier alpha value is -0.540. The molecule has 0 aliphatic heterocycles. The molecule has 1 aromatic carbocycles. The van der Waals surface area contributed by atoms with E-state index in [1.54, 1.807) is 7.11 Å². The van der Waals surface area contributed by atoms with Crippen molar-refractivity contribution in [1.29, 1.82) is 0 Å². The summed E-state index contributed by atoms with van der Waals surface area (Å²) in [5, 5.41) is 3.54. The minimum atomic E-state index is 0.640. The summed E-state index contributed by atoms with van der Waals surface area (Å²) in [4.78, 5) is 0. The quantitative estimate of drug-likeness (QED) is 0.454. The van der Waals surface area contributed by atoms with Crippen LogP contribution in [0.2, 0.25) is 0 Å². The highest BCUT2D eigenvalue weighted by Gasteiger charge is 2.05. The third kappa shape index (κ3) is 7.87. The summed E-state index contributed by atoms with van der Waals surface area (Å²) >= 11 is 3.59. The number of hydrogen-bond donors (Lipinski definition) is 1. The molecule has 0 spiro atoms. The van der Waals surface area contributed by atoms with Crippen LogP contribution in [0.25, 0.3) is 0 Å². The summed E-state index contributed by atoms with van der Waals surface area (Å²) in [5.74, 6) is 0. The number of nitrogens with one attached hydrogen (secondary N) is 1. The fourth-order valence-electron chi connectivity index (χ4n) is 2.50. The van der Waals surface area contributed by atoms with Crippen molar-refractivity contribution in [2.75, 3.05) is 19.0 Å². The van der Waals surface area contributed by atoms with Gasteiger partial charge in [0.25, 0.3) is 0 Å². The van der Waals surface area contributed by atoms with E-state index in [9.17, 15) is 0 Å². The van der Waals surface area contributed by atoms with Crippen LogP contribution in [0.4, 0.5) is 5.69 Å². The van der Waals surface area contributed by atoms with Crippen LogP contribution in [-0.2, 0) is 11.3 Å². The number of unbranched alkanes of at least 4 members (excludes halogenated alkanes) is 7. The molecule has 2 nitrogen and oxygen atoms in total. The van der Waals surface area contributed by atoms with E-state index < -0.39 is 0 Å². The van der Waals surface area contributed by atoms with E-state index in [1.165, 1.54) is 62.6 Å². The largest absolute Gasteiger partial charge is 0.385 e. The molecule has 3 heteroatoms. The van der Waals surface area contributed by atoms with E-state index >= 15 is 0 Å². The summed E-state index contributed by atoms with van der Waals surface area (Å²) in [6.07, 6.45) is 10.9. The minimum Gasteiger partial charge on any atom is -0.385 e. The number of benzene rings is 1. The molecule has 0 bridgehead atoms. The lowest BCUT2D eigenvalue weighted by Gasteiger charge is -2.13. The van der Waals surface area contributed by atoms with Gasteiger partial charge in [-0.3, -0.25) is 0 Å². The van der Waals surface area contributed by atoms with Crippen molar-refractivity contribution in [1.82, 2.24) is 0 Å². The predicted molar refractivity (Wildman–Crippen MR) is 96.0 cm³/mol. The van der Waals surface area contributed by atoms with Crippen LogP contribution in [0.5, 0.6) is 0 Å². The van der Waals surface area contributed by atoms with Crippen molar-refractivity contribution >= 4 is 21.6 Å². The molecule has 0 amide bonds. The van der Waals surface area contributed by atoms with Gasteiger partial charge in [0.15, 0.2) is 0 Å². The molecule has 0 aromatic heterocycles. The van der Waals surface area contributed by atoms with E-state index in [0.717, 1.165) is 11.0 Å². The third-order valence-corrected chi connectivity index (χ3v) is 4.50. The topological polar surface area (TPSA) is 21.3 Å². The van der Waals surface area contributed by atoms with Crippen LogP contribution in [0.3, 0.4) is 0 Å². The van der Waals surface area contributed by atoms with Gasteiger partial charge in [-0.1, -0.05) is 73.9 Å². The highest BCUT2D eigenvalue weighted by atomic mass is 79.9. The van der Waals surface area contributed by atoms with Crippen LogP contribution in [0.1, 0.15) is 63.9 Å². The number of rotatable bonds is 12. The van der Waals surface area contributed by atoms with Crippen LogP contribution < -0.4 is 5.32 Å². The number of ether oxygens (including phenoxy) is 1. The van der Waals surface area contributed by atoms with Crippen molar-refractivity contribution in [3.05, 3.63) is 28.2 Å². The lowest BCUT2D eigenvalue weighted by atomic mass is 10.1. The van der Waals surface area contributed by atoms with Crippen molar-refractivity contribution in [2.45, 2.75) is 64.9 Å². The third-order valence-electron chi connectivity index (χ3n) is 3.75. The van der Waals surface area contributed by atoms with E-state index in [2.05, 4.69) is 46.4 Å². The highest BCUT2D eigenvalue weighted by molar-refractivity contribution is 9.10. The van der Waals surface area contributed by atoms with Crippen molar-refractivity contribution < 1.29 is 4.74 Å². The first-order valence-corrected chi connectivity index (χ1v) is 9.09. The molecular formula is C18H30BrNO. The van der Waals surface area contributed by atoms with Gasteiger partial charge in [0.05, 0.1) is 6.61 Å². The molecule has 0 heterocycles. The smallest absolute Gasteiger partial charge is 0.0744 e. The van der Waals surface area contributed by atoms with Crippen LogP contribution in [0, 0.1) is 0 Å². The molecular weight excluding hydrogens is 326 g/mol. The van der Waals surface area contributed by atoms with Gasteiger partial charge < -0.3 is 10.1 Å². The molecule has 0 aliphatic carbocycles. The average molecular weight is 356 g/mol. The second-order valence-electron chi connectivity index (χ2n) is 5.60. The summed E-state index contributed by atoms with van der Waals surface area (Å²) in [5.41, 5.74) is 2.40. The highest BCUT2D eigenvalue weighted by Crippen LogP contribution is 2.25. The van der Waals surface area contributed by atoms with Crippen molar-refractivity contribution in [3.63, 3.8) is 0 Å². The van der Waals surface area contributed by atoms with Crippen molar-refractivity contribution in [3.8, 4) is 0 Å². The Morgan fingerprint density at radius 3 is 2.33 bits per heavy atom. The zero-order chi connectivity index (χ0) is 15.3. The first-order chi connectivity index (χ1) is 10.3. The maximum Gasteiger partial charge on any atom is 0.0744 e. The molecule has 120 valence electrons. The Balaban J connectivity index is 2.16. The van der Waals surface area contributed by atoms with Gasteiger partial charge in [-0.15, -0.1) is 0 Å². The van der Waals surface area contributed by atoms with E-state index in [1.807, 2.05) is 0 Å². The lowest BCUT2D eigenvalue weighted by molar-refractivity contribution is 0.185. The van der Waals surface area contributed by atoms with E-state index in [4.69, 9.17) is 4.74 Å². The Kier molecular flexibility index (Phi) is 10.6. The first kappa shape index (κ1) is 18.5. The number of hydrogen-bond acceptors (Lipinski definition) is 2. The monoisotopic (exact) mass is 355 g/mol. The summed E-state index contributed by atoms with van der Waals surface area (Å²) < 4.78 is 6.39. The maximum atomic E-state index is 5.27. The zero-order valence-electron chi connectivity index (χ0n) is 13.6. The molecule has 0 aliphatic rings. The van der Waals surface area contributed by atoms with Gasteiger partial charge in [0.1, 0.15) is 0 Å². The lowest BCUT2D eigenvalue weighted by Crippen LogP contribution is -2.05. The first-order valence-electron chi connectivity index (χ1n) is 8.29. The normalized spacial score (nSPS) is 10.8. The fraction of sp³-hybridized carbons (Fsp3) is 0.667. The summed E-state index contributed by atoms with van der Waals surface area (Å²) in [7, 11) is 1.74. The second kappa shape index (κ2) is 12.0. The SMILES string of the molecule is CCCCCCCCCCNc1cccc(Br)c1COC. The Bertz CT molecular complexity index is 381. The molecule has 0 fully saturated rings. The zero-order valence-corrected chi connectivity index (χ0v) is 15.2. The summed E-state index contributed by atoms with van der Waals surface area (Å²) in [6.45, 7) is 3.95. The number of anilines is 1. The maximum absolute atomic E-state index is 5.27. The predicted octanol–water partition coefficient (Wildman–Crippen LogP) is 6.15. The molecule has 1 aromatic rings. The Labute approximate surface area is 138 Å². The van der Waals surface area contributed by atoms with Crippen molar-refractivity contribution in [2.24, 2.45) is 0 Å². The van der Waals surface area contributed by atoms with Crippen LogP contribution in [-0.4, -0.2) is 13.7 Å². The molecule has 0 saturated carbocycles. The second-order valence-corrected chi connectivity index (χ2v) is 6.45. The van der Waals surface area contributed by atoms with Gasteiger partial charge in [-0.25, -0.2) is 0 Å². The molecule has 1 rings (SSSR count). The van der Waals surface area contributed by atoms with Gasteiger partial charge in [-0.05, 0) is 18.6 Å². The Morgan fingerprint density at radius 2 is 1.67 bits per heavy atom. The van der Waals surface area contributed by atoms with Gasteiger partial charge in [-0.2, -0.15) is 0 Å². The molecule has 1 N–H and O–H groups in total. The fourth-order valence-corrected chi connectivity index (χ4v) is 2.98. The number of methoxy groups -OCH3 is 1. The molecule has 0 atom stereocenters. The van der Waals surface area contributed by atoms with Crippen LogP contribution >= 0.6 is 15.9 Å². The van der Waals surface area contributed by atoms with Gasteiger partial charge in [0.2, 0.25) is 0 Å². The minimum absolute atomic E-state index is 0.640. The van der Waals surface area contributed by atoms with Gasteiger partial charge >= 0.3 is 0 Å². The van der Waals surface area contributed by atoms with E-state index in [0.29, 0.717) is 6.61 Å².